The van der Waals surface area contributed by atoms with Crippen molar-refractivity contribution in [2.24, 2.45) is 5.92 Å². The fourth-order valence-electron chi connectivity index (χ4n) is 2.43. The van der Waals surface area contributed by atoms with Gasteiger partial charge >= 0.3 is 0 Å². The molecule has 0 aromatic heterocycles. The fraction of sp³-hybridized carbons (Fsp3) is 0.538. The van der Waals surface area contributed by atoms with Crippen LogP contribution in [0.5, 0.6) is 0 Å². The van der Waals surface area contributed by atoms with Crippen molar-refractivity contribution in [1.29, 1.82) is 0 Å². The molecule has 1 aliphatic rings. The topological polar surface area (TPSA) is 26.0 Å². The van der Waals surface area contributed by atoms with E-state index >= 15 is 0 Å². The lowest BCUT2D eigenvalue weighted by molar-refractivity contribution is 0.547. The van der Waals surface area contributed by atoms with Gasteiger partial charge in [0.25, 0.3) is 0 Å². The molecule has 1 fully saturated rings. The van der Waals surface area contributed by atoms with Gasteiger partial charge in [0.15, 0.2) is 0 Å². The Morgan fingerprint density at radius 1 is 1.29 bits per heavy atom. The monoisotopic (exact) mass is 189 g/mol. The van der Waals surface area contributed by atoms with Crippen LogP contribution in [-0.4, -0.2) is 0 Å². The average Bonchev–Trinajstić information content (AvgIpc) is 2.62. The predicted molar refractivity (Wildman–Crippen MR) is 61.3 cm³/mol. The third-order valence-electron chi connectivity index (χ3n) is 3.28. The molecule has 0 spiro atoms. The highest BCUT2D eigenvalue weighted by Crippen LogP contribution is 2.29. The minimum atomic E-state index is 0.889. The summed E-state index contributed by atoms with van der Waals surface area (Å²) in [6, 6.07) is 6.45. The Labute approximate surface area is 86.3 Å². The minimum absolute atomic E-state index is 0.889. The highest BCUT2D eigenvalue weighted by atomic mass is 14.6. The Hall–Kier alpha value is -0.980. The van der Waals surface area contributed by atoms with Gasteiger partial charge in [-0.1, -0.05) is 37.8 Å². The highest BCUT2D eigenvalue weighted by molar-refractivity contribution is 5.49. The number of benzene rings is 1. The molecule has 0 saturated heterocycles. The molecular weight excluding hydrogens is 170 g/mol. The number of aryl methyl sites for hydroxylation is 1. The summed E-state index contributed by atoms with van der Waals surface area (Å²) in [7, 11) is 0. The van der Waals surface area contributed by atoms with Gasteiger partial charge in [0.2, 0.25) is 0 Å². The first kappa shape index (κ1) is 9.57. The number of hydrogen-bond acceptors (Lipinski definition) is 1. The van der Waals surface area contributed by atoms with Gasteiger partial charge in [-0.2, -0.15) is 0 Å². The normalized spacial score (nSPS) is 17.5. The summed E-state index contributed by atoms with van der Waals surface area (Å²) >= 11 is 0. The van der Waals surface area contributed by atoms with Crippen molar-refractivity contribution >= 4 is 5.69 Å². The lowest BCUT2D eigenvalue weighted by Crippen LogP contribution is -2.02. The molecule has 1 saturated carbocycles. The van der Waals surface area contributed by atoms with Gasteiger partial charge in [0.1, 0.15) is 0 Å². The highest BCUT2D eigenvalue weighted by Gasteiger charge is 2.16. The van der Waals surface area contributed by atoms with E-state index in [4.69, 9.17) is 5.73 Å². The summed E-state index contributed by atoms with van der Waals surface area (Å²) < 4.78 is 0. The van der Waals surface area contributed by atoms with Gasteiger partial charge in [0, 0.05) is 5.69 Å². The maximum Gasteiger partial charge on any atom is 0.0349 e. The van der Waals surface area contributed by atoms with Crippen LogP contribution in [0, 0.1) is 12.8 Å². The second kappa shape index (κ2) is 4.04. The average molecular weight is 189 g/mol. The third-order valence-corrected chi connectivity index (χ3v) is 3.28. The zero-order valence-corrected chi connectivity index (χ0v) is 8.92. The molecule has 2 N–H and O–H groups in total. The van der Waals surface area contributed by atoms with Crippen LogP contribution in [0.2, 0.25) is 0 Å². The zero-order valence-electron chi connectivity index (χ0n) is 8.92. The van der Waals surface area contributed by atoms with Crippen molar-refractivity contribution in [3.63, 3.8) is 0 Å². The third kappa shape index (κ3) is 2.09. The molecule has 0 aliphatic heterocycles. The SMILES string of the molecule is Cc1ccc(CC2CCCC2)c(N)c1. The van der Waals surface area contributed by atoms with Crippen LogP contribution in [0.15, 0.2) is 18.2 Å². The molecule has 1 heteroatoms. The molecule has 14 heavy (non-hydrogen) atoms. The quantitative estimate of drug-likeness (QED) is 0.710. The van der Waals surface area contributed by atoms with Crippen molar-refractivity contribution in [2.45, 2.75) is 39.0 Å². The zero-order chi connectivity index (χ0) is 9.97. The van der Waals surface area contributed by atoms with Crippen LogP contribution in [0.25, 0.3) is 0 Å². The van der Waals surface area contributed by atoms with Gasteiger partial charge in [-0.15, -0.1) is 0 Å². The Balaban J connectivity index is 2.08. The van der Waals surface area contributed by atoms with E-state index in [1.807, 2.05) is 0 Å². The van der Waals surface area contributed by atoms with Crippen LogP contribution < -0.4 is 5.73 Å². The molecule has 1 nitrogen and oxygen atoms in total. The largest absolute Gasteiger partial charge is 0.398 e. The molecule has 0 heterocycles. The van der Waals surface area contributed by atoms with Crippen molar-refractivity contribution in [3.8, 4) is 0 Å². The van der Waals surface area contributed by atoms with Gasteiger partial charge in [-0.3, -0.25) is 0 Å². The van der Waals surface area contributed by atoms with E-state index in [9.17, 15) is 0 Å². The summed E-state index contributed by atoms with van der Waals surface area (Å²) in [6.45, 7) is 2.09. The van der Waals surface area contributed by atoms with E-state index in [0.29, 0.717) is 0 Å². The molecule has 0 atom stereocenters. The van der Waals surface area contributed by atoms with Gasteiger partial charge in [0.05, 0.1) is 0 Å². The number of nitrogen functional groups attached to an aromatic ring is 1. The maximum absolute atomic E-state index is 6.00. The molecule has 1 aromatic rings. The van der Waals surface area contributed by atoms with Crippen LogP contribution in [0.1, 0.15) is 36.8 Å². The molecule has 0 amide bonds. The van der Waals surface area contributed by atoms with Crippen molar-refractivity contribution in [1.82, 2.24) is 0 Å². The van der Waals surface area contributed by atoms with Crippen LogP contribution >= 0.6 is 0 Å². The standard InChI is InChI=1S/C13H19N/c1-10-6-7-12(13(14)8-10)9-11-4-2-3-5-11/h6-8,11H,2-5,9,14H2,1H3. The summed E-state index contributed by atoms with van der Waals surface area (Å²) in [5.41, 5.74) is 9.59. The van der Waals surface area contributed by atoms with Crippen molar-refractivity contribution < 1.29 is 0 Å². The Morgan fingerprint density at radius 2 is 2.00 bits per heavy atom. The summed E-state index contributed by atoms with van der Waals surface area (Å²) in [6.07, 6.45) is 6.81. The van der Waals surface area contributed by atoms with Crippen molar-refractivity contribution in [2.75, 3.05) is 5.73 Å². The second-order valence-electron chi connectivity index (χ2n) is 4.56. The molecule has 2 rings (SSSR count). The molecule has 1 aliphatic carbocycles. The first-order chi connectivity index (χ1) is 6.75. The minimum Gasteiger partial charge on any atom is -0.398 e. The van der Waals surface area contributed by atoms with E-state index in [2.05, 4.69) is 25.1 Å². The second-order valence-corrected chi connectivity index (χ2v) is 4.56. The Bertz CT molecular complexity index is 311. The first-order valence-corrected chi connectivity index (χ1v) is 5.61. The maximum atomic E-state index is 6.00. The van der Waals surface area contributed by atoms with E-state index in [0.717, 1.165) is 11.6 Å². The lowest BCUT2D eigenvalue weighted by Gasteiger charge is -2.11. The fourth-order valence-corrected chi connectivity index (χ4v) is 2.43. The molecular formula is C13H19N. The lowest BCUT2D eigenvalue weighted by atomic mass is 9.96. The number of nitrogens with two attached hydrogens (primary N) is 1. The van der Waals surface area contributed by atoms with E-state index < -0.39 is 0 Å². The summed E-state index contributed by atoms with van der Waals surface area (Å²) in [5, 5.41) is 0. The van der Waals surface area contributed by atoms with Gasteiger partial charge < -0.3 is 5.73 Å². The van der Waals surface area contributed by atoms with Gasteiger partial charge in [-0.25, -0.2) is 0 Å². The number of anilines is 1. The van der Waals surface area contributed by atoms with Crippen LogP contribution in [-0.2, 0) is 6.42 Å². The summed E-state index contributed by atoms with van der Waals surface area (Å²) in [4.78, 5) is 0. The molecule has 0 radical (unpaired) electrons. The van der Waals surface area contributed by atoms with E-state index in [-0.39, 0.29) is 0 Å². The number of hydrogen-bond donors (Lipinski definition) is 1. The Morgan fingerprint density at radius 3 is 2.64 bits per heavy atom. The molecule has 0 unspecified atom stereocenters. The number of rotatable bonds is 2. The molecule has 76 valence electrons. The first-order valence-electron chi connectivity index (χ1n) is 5.61. The predicted octanol–water partition coefficient (Wildman–Crippen LogP) is 3.31. The smallest absolute Gasteiger partial charge is 0.0349 e. The van der Waals surface area contributed by atoms with Crippen molar-refractivity contribution in [3.05, 3.63) is 29.3 Å². The summed E-state index contributed by atoms with van der Waals surface area (Å²) in [5.74, 6) is 0.889. The van der Waals surface area contributed by atoms with E-state index in [1.165, 1.54) is 43.2 Å². The molecule has 1 aromatic carbocycles. The Kier molecular flexibility index (Phi) is 2.76. The van der Waals surface area contributed by atoms with Gasteiger partial charge in [-0.05, 0) is 36.5 Å². The molecule has 0 bridgehead atoms. The van der Waals surface area contributed by atoms with E-state index in [1.54, 1.807) is 0 Å². The van der Waals surface area contributed by atoms with Crippen LogP contribution in [0.3, 0.4) is 0 Å². The van der Waals surface area contributed by atoms with Crippen LogP contribution in [0.4, 0.5) is 5.69 Å².